The van der Waals surface area contributed by atoms with Crippen LogP contribution in [-0.2, 0) is 11.3 Å². The fraction of sp³-hybridized carbons (Fsp3) is 0.692. The molecular formula is C13H23N3O2. The summed E-state index contributed by atoms with van der Waals surface area (Å²) in [5.41, 5.74) is -0.0172. The number of hydrogen-bond acceptors (Lipinski definition) is 3. The Morgan fingerprint density at radius 1 is 1.61 bits per heavy atom. The van der Waals surface area contributed by atoms with Crippen LogP contribution in [0.1, 0.15) is 52.3 Å². The Balaban J connectivity index is 2.63. The van der Waals surface area contributed by atoms with Crippen LogP contribution in [0.3, 0.4) is 0 Å². The summed E-state index contributed by atoms with van der Waals surface area (Å²) in [5, 5.41) is 16.6. The lowest BCUT2D eigenvalue weighted by molar-refractivity contribution is -0.144. The van der Waals surface area contributed by atoms with Crippen molar-refractivity contribution < 1.29 is 9.90 Å². The van der Waals surface area contributed by atoms with Crippen LogP contribution in [0.5, 0.6) is 0 Å². The minimum absolute atomic E-state index is 0.371. The van der Waals surface area contributed by atoms with E-state index in [1.165, 1.54) is 0 Å². The Morgan fingerprint density at radius 3 is 2.78 bits per heavy atom. The fourth-order valence-electron chi connectivity index (χ4n) is 1.54. The van der Waals surface area contributed by atoms with Crippen LogP contribution in [-0.4, -0.2) is 26.4 Å². The topological polar surface area (TPSA) is 67.2 Å². The average molecular weight is 253 g/mol. The first kappa shape index (κ1) is 14.7. The number of carboxylic acid groups (broad SMARTS) is 1. The van der Waals surface area contributed by atoms with E-state index < -0.39 is 11.5 Å². The second-order valence-corrected chi connectivity index (χ2v) is 4.89. The first-order valence-electron chi connectivity index (χ1n) is 6.45. The molecule has 2 atom stereocenters. The van der Waals surface area contributed by atoms with Crippen molar-refractivity contribution in [2.45, 2.75) is 58.7 Å². The highest BCUT2D eigenvalue weighted by atomic mass is 16.4. The number of hydrogen-bond donors (Lipinski definition) is 2. The molecule has 0 radical (unpaired) electrons. The zero-order valence-corrected chi connectivity index (χ0v) is 11.6. The number of carbonyl (C=O) groups is 1. The first-order chi connectivity index (χ1) is 8.42. The summed E-state index contributed by atoms with van der Waals surface area (Å²) in [7, 11) is 0. The third kappa shape index (κ3) is 3.32. The molecule has 2 unspecified atom stereocenters. The van der Waals surface area contributed by atoms with Gasteiger partial charge in [-0.25, -0.2) is 0 Å². The third-order valence-electron chi connectivity index (χ3n) is 3.54. The highest BCUT2D eigenvalue weighted by Gasteiger charge is 2.30. The van der Waals surface area contributed by atoms with E-state index in [9.17, 15) is 4.79 Å². The zero-order chi connectivity index (χ0) is 13.8. The third-order valence-corrected chi connectivity index (χ3v) is 3.54. The maximum absolute atomic E-state index is 11.1. The predicted octanol–water partition coefficient (Wildman–Crippen LogP) is 2.20. The lowest BCUT2D eigenvalue weighted by Crippen LogP contribution is -2.48. The summed E-state index contributed by atoms with van der Waals surface area (Å²) >= 11 is 0. The molecule has 1 aromatic heterocycles. The maximum Gasteiger partial charge on any atom is 0.323 e. The molecule has 0 aliphatic heterocycles. The van der Waals surface area contributed by atoms with E-state index in [2.05, 4.69) is 24.3 Å². The van der Waals surface area contributed by atoms with Gasteiger partial charge in [-0.3, -0.25) is 14.8 Å². The van der Waals surface area contributed by atoms with E-state index in [4.69, 9.17) is 5.11 Å². The molecule has 1 aromatic rings. The van der Waals surface area contributed by atoms with E-state index in [0.29, 0.717) is 19.0 Å². The normalized spacial score (nSPS) is 16.2. The average Bonchev–Trinajstić information content (AvgIpc) is 2.83. The molecule has 0 fully saturated rings. The number of nitrogens with one attached hydrogen (secondary N) is 1. The van der Waals surface area contributed by atoms with Crippen molar-refractivity contribution in [1.29, 1.82) is 0 Å². The van der Waals surface area contributed by atoms with Gasteiger partial charge in [0.15, 0.2) is 0 Å². The minimum atomic E-state index is -0.889. The van der Waals surface area contributed by atoms with Crippen molar-refractivity contribution in [2.24, 2.45) is 0 Å². The van der Waals surface area contributed by atoms with Gasteiger partial charge in [-0.2, -0.15) is 5.10 Å². The second kappa shape index (κ2) is 6.00. The van der Waals surface area contributed by atoms with Crippen LogP contribution >= 0.6 is 0 Å². The fourth-order valence-corrected chi connectivity index (χ4v) is 1.54. The van der Waals surface area contributed by atoms with Crippen molar-refractivity contribution in [2.75, 3.05) is 0 Å². The van der Waals surface area contributed by atoms with E-state index in [0.717, 1.165) is 12.1 Å². The van der Waals surface area contributed by atoms with Crippen molar-refractivity contribution in [3.05, 3.63) is 18.0 Å². The summed E-state index contributed by atoms with van der Waals surface area (Å²) < 4.78 is 1.92. The van der Waals surface area contributed by atoms with Crippen LogP contribution in [0, 0.1) is 0 Å². The quantitative estimate of drug-likeness (QED) is 0.781. The Kier molecular flexibility index (Phi) is 4.90. The molecule has 18 heavy (non-hydrogen) atoms. The lowest BCUT2D eigenvalue weighted by Gasteiger charge is -2.24. The maximum atomic E-state index is 11.1. The minimum Gasteiger partial charge on any atom is -0.480 e. The molecule has 0 amide bonds. The number of carboxylic acids is 1. The van der Waals surface area contributed by atoms with Gasteiger partial charge in [-0.1, -0.05) is 13.8 Å². The Morgan fingerprint density at radius 2 is 2.28 bits per heavy atom. The number of aromatic nitrogens is 2. The summed E-state index contributed by atoms with van der Waals surface area (Å²) in [6, 6.07) is 2.30. The van der Waals surface area contributed by atoms with E-state index in [-0.39, 0.29) is 0 Å². The Hall–Kier alpha value is -1.36. The zero-order valence-electron chi connectivity index (χ0n) is 11.6. The lowest BCUT2D eigenvalue weighted by atomic mass is 9.99. The van der Waals surface area contributed by atoms with Crippen LogP contribution in [0.15, 0.2) is 12.3 Å². The number of aliphatic carboxylic acids is 1. The van der Waals surface area contributed by atoms with Gasteiger partial charge in [0.2, 0.25) is 0 Å². The molecule has 5 nitrogen and oxygen atoms in total. The Labute approximate surface area is 108 Å². The summed E-state index contributed by atoms with van der Waals surface area (Å²) in [5.74, 6) is -0.827. The molecule has 0 aliphatic rings. The van der Waals surface area contributed by atoms with Crippen molar-refractivity contribution >= 4 is 5.97 Å². The van der Waals surface area contributed by atoms with Gasteiger partial charge in [0.1, 0.15) is 5.54 Å². The van der Waals surface area contributed by atoms with Crippen LogP contribution in [0.2, 0.25) is 0 Å². The standard InChI is InChI=1S/C13H23N3O2/c1-5-10(3)16-8-7-11(15-16)9-14-13(4,6-2)12(17)18/h7-8,10,14H,5-6,9H2,1-4H3,(H,17,18). The molecule has 5 heteroatoms. The van der Waals surface area contributed by atoms with Gasteiger partial charge in [0.05, 0.1) is 5.69 Å². The number of nitrogens with zero attached hydrogens (tertiary/aromatic N) is 2. The smallest absolute Gasteiger partial charge is 0.323 e. The molecule has 0 aromatic carbocycles. The summed E-state index contributed by atoms with van der Waals surface area (Å²) in [6.07, 6.45) is 3.50. The van der Waals surface area contributed by atoms with E-state index in [1.807, 2.05) is 23.9 Å². The highest BCUT2D eigenvalue weighted by Crippen LogP contribution is 2.12. The second-order valence-electron chi connectivity index (χ2n) is 4.89. The predicted molar refractivity (Wildman–Crippen MR) is 70.4 cm³/mol. The van der Waals surface area contributed by atoms with Crippen LogP contribution < -0.4 is 5.32 Å². The number of rotatable bonds is 7. The van der Waals surface area contributed by atoms with Gasteiger partial charge in [0.25, 0.3) is 0 Å². The van der Waals surface area contributed by atoms with Crippen LogP contribution in [0.4, 0.5) is 0 Å². The molecule has 2 N–H and O–H groups in total. The van der Waals surface area contributed by atoms with Crippen LogP contribution in [0.25, 0.3) is 0 Å². The molecule has 1 rings (SSSR count). The molecule has 0 spiro atoms. The van der Waals surface area contributed by atoms with Crippen molar-refractivity contribution in [3.63, 3.8) is 0 Å². The highest BCUT2D eigenvalue weighted by molar-refractivity contribution is 5.78. The molecule has 0 saturated heterocycles. The van der Waals surface area contributed by atoms with Crippen molar-refractivity contribution in [3.8, 4) is 0 Å². The molecule has 0 aliphatic carbocycles. The van der Waals surface area contributed by atoms with Gasteiger partial charge in [0, 0.05) is 18.8 Å². The van der Waals surface area contributed by atoms with Gasteiger partial charge >= 0.3 is 5.97 Å². The summed E-state index contributed by atoms with van der Waals surface area (Å²) in [6.45, 7) is 8.25. The molecule has 0 bridgehead atoms. The SMILES string of the molecule is CCC(C)n1ccc(CNC(C)(CC)C(=O)O)n1. The molecule has 1 heterocycles. The molecular weight excluding hydrogens is 230 g/mol. The van der Waals surface area contributed by atoms with E-state index in [1.54, 1.807) is 6.92 Å². The van der Waals surface area contributed by atoms with E-state index >= 15 is 0 Å². The molecule has 102 valence electrons. The Bertz CT molecular complexity index is 403. The molecule has 0 saturated carbocycles. The van der Waals surface area contributed by atoms with Gasteiger partial charge in [-0.15, -0.1) is 0 Å². The monoisotopic (exact) mass is 253 g/mol. The summed E-state index contributed by atoms with van der Waals surface area (Å²) in [4.78, 5) is 11.1. The first-order valence-corrected chi connectivity index (χ1v) is 6.45. The van der Waals surface area contributed by atoms with Crippen molar-refractivity contribution in [1.82, 2.24) is 15.1 Å². The van der Waals surface area contributed by atoms with Gasteiger partial charge < -0.3 is 5.11 Å². The van der Waals surface area contributed by atoms with Gasteiger partial charge in [-0.05, 0) is 32.8 Å². The largest absolute Gasteiger partial charge is 0.480 e.